The number of guanidine groups is 1. The summed E-state index contributed by atoms with van der Waals surface area (Å²) in [6.45, 7) is 7.10. The SMILES string of the molecule is COc1ccc2ccccc2c1N(Cc1ccc(C(C)(C)C)cc1)C(=N)N.Cl. The van der Waals surface area contributed by atoms with E-state index in [1.54, 1.807) is 12.0 Å². The summed E-state index contributed by atoms with van der Waals surface area (Å²) in [5, 5.41) is 10.3. The number of nitrogens with one attached hydrogen (secondary N) is 1. The van der Waals surface area contributed by atoms with E-state index in [1.807, 2.05) is 30.3 Å². The zero-order chi connectivity index (χ0) is 19.6. The van der Waals surface area contributed by atoms with Crippen molar-refractivity contribution >= 4 is 34.8 Å². The van der Waals surface area contributed by atoms with E-state index >= 15 is 0 Å². The molecule has 148 valence electrons. The number of benzene rings is 3. The van der Waals surface area contributed by atoms with E-state index < -0.39 is 0 Å². The van der Waals surface area contributed by atoms with Crippen molar-refractivity contribution < 1.29 is 4.74 Å². The van der Waals surface area contributed by atoms with E-state index in [2.05, 4.69) is 51.1 Å². The van der Waals surface area contributed by atoms with E-state index in [1.165, 1.54) is 5.56 Å². The molecule has 0 saturated heterocycles. The van der Waals surface area contributed by atoms with Gasteiger partial charge in [-0.25, -0.2) is 0 Å². The summed E-state index contributed by atoms with van der Waals surface area (Å²) in [5.74, 6) is 0.694. The smallest absolute Gasteiger partial charge is 0.193 e. The molecule has 0 bridgehead atoms. The van der Waals surface area contributed by atoms with E-state index in [4.69, 9.17) is 15.9 Å². The zero-order valence-corrected chi connectivity index (χ0v) is 17.6. The van der Waals surface area contributed by atoms with Crippen molar-refractivity contribution in [3.8, 4) is 5.75 Å². The van der Waals surface area contributed by atoms with Crippen LogP contribution in [0.2, 0.25) is 0 Å². The second-order valence-electron chi connectivity index (χ2n) is 7.76. The van der Waals surface area contributed by atoms with Crippen LogP contribution in [0, 0.1) is 5.41 Å². The molecule has 0 aliphatic heterocycles. The Labute approximate surface area is 173 Å². The first-order valence-corrected chi connectivity index (χ1v) is 9.08. The second kappa shape index (κ2) is 8.53. The topological polar surface area (TPSA) is 62.3 Å². The number of nitrogens with zero attached hydrogens (tertiary/aromatic N) is 1. The molecule has 0 unspecified atom stereocenters. The molecule has 0 aliphatic rings. The average Bonchev–Trinajstić information content (AvgIpc) is 2.65. The first kappa shape index (κ1) is 21.6. The quantitative estimate of drug-likeness (QED) is 0.453. The molecular formula is C23H28ClN3O. The van der Waals surface area contributed by atoms with E-state index in [0.717, 1.165) is 22.0 Å². The van der Waals surface area contributed by atoms with Crippen LogP contribution in [0.5, 0.6) is 5.75 Å². The third-order valence-electron chi connectivity index (χ3n) is 4.80. The fourth-order valence-corrected chi connectivity index (χ4v) is 3.26. The molecule has 0 aliphatic carbocycles. The van der Waals surface area contributed by atoms with Gasteiger partial charge in [-0.15, -0.1) is 12.4 Å². The molecule has 4 nitrogen and oxygen atoms in total. The fraction of sp³-hybridized carbons (Fsp3) is 0.261. The van der Waals surface area contributed by atoms with Gasteiger partial charge in [0.1, 0.15) is 5.75 Å². The molecule has 0 saturated carbocycles. The first-order valence-electron chi connectivity index (χ1n) is 9.08. The maximum absolute atomic E-state index is 8.18. The molecule has 3 N–H and O–H groups in total. The highest BCUT2D eigenvalue weighted by Crippen LogP contribution is 2.37. The number of nitrogens with two attached hydrogens (primary N) is 1. The fourth-order valence-electron chi connectivity index (χ4n) is 3.26. The van der Waals surface area contributed by atoms with Crippen LogP contribution >= 0.6 is 12.4 Å². The van der Waals surface area contributed by atoms with Crippen LogP contribution in [0.25, 0.3) is 10.8 Å². The number of fused-ring (bicyclic) bond motifs is 1. The van der Waals surface area contributed by atoms with Crippen LogP contribution in [0.4, 0.5) is 5.69 Å². The molecule has 3 rings (SSSR count). The van der Waals surface area contributed by atoms with Gasteiger partial charge in [-0.1, -0.05) is 75.4 Å². The van der Waals surface area contributed by atoms with Crippen LogP contribution in [0.15, 0.2) is 60.7 Å². The summed E-state index contributed by atoms with van der Waals surface area (Å²) in [4.78, 5) is 1.80. The molecule has 0 atom stereocenters. The minimum Gasteiger partial charge on any atom is -0.495 e. The Bertz CT molecular complexity index is 962. The number of halogens is 1. The maximum atomic E-state index is 8.18. The largest absolute Gasteiger partial charge is 0.495 e. The van der Waals surface area contributed by atoms with Crippen LogP contribution in [0.1, 0.15) is 31.9 Å². The lowest BCUT2D eigenvalue weighted by atomic mass is 9.87. The Morgan fingerprint density at radius 1 is 1.00 bits per heavy atom. The summed E-state index contributed by atoms with van der Waals surface area (Å²) < 4.78 is 5.59. The number of hydrogen-bond acceptors (Lipinski definition) is 2. The van der Waals surface area contributed by atoms with Crippen molar-refractivity contribution in [1.29, 1.82) is 5.41 Å². The normalized spacial score (nSPS) is 11.0. The van der Waals surface area contributed by atoms with Crippen LogP contribution < -0.4 is 15.4 Å². The van der Waals surface area contributed by atoms with Crippen molar-refractivity contribution in [1.82, 2.24) is 0 Å². The lowest BCUT2D eigenvalue weighted by Gasteiger charge is -2.27. The number of rotatable bonds is 4. The summed E-state index contributed by atoms with van der Waals surface area (Å²) >= 11 is 0. The number of anilines is 1. The highest BCUT2D eigenvalue weighted by molar-refractivity contribution is 6.05. The van der Waals surface area contributed by atoms with Gasteiger partial charge in [0.2, 0.25) is 0 Å². The molecule has 3 aromatic rings. The van der Waals surface area contributed by atoms with Gasteiger partial charge >= 0.3 is 0 Å². The zero-order valence-electron chi connectivity index (χ0n) is 16.8. The van der Waals surface area contributed by atoms with Crippen molar-refractivity contribution in [2.75, 3.05) is 12.0 Å². The van der Waals surface area contributed by atoms with Crippen LogP contribution in [0.3, 0.4) is 0 Å². The number of methoxy groups -OCH3 is 1. The lowest BCUT2D eigenvalue weighted by molar-refractivity contribution is 0.416. The number of hydrogen-bond donors (Lipinski definition) is 2. The summed E-state index contributed by atoms with van der Waals surface area (Å²) in [5.41, 5.74) is 9.29. The highest BCUT2D eigenvalue weighted by Gasteiger charge is 2.19. The minimum atomic E-state index is -0.00968. The molecule has 5 heteroatoms. The van der Waals surface area contributed by atoms with E-state index in [9.17, 15) is 0 Å². The first-order chi connectivity index (χ1) is 12.8. The van der Waals surface area contributed by atoms with Crippen LogP contribution in [-0.4, -0.2) is 13.1 Å². The van der Waals surface area contributed by atoms with E-state index in [0.29, 0.717) is 12.3 Å². The molecule has 0 aromatic heterocycles. The molecular weight excluding hydrogens is 370 g/mol. The molecule has 0 radical (unpaired) electrons. The van der Waals surface area contributed by atoms with Crippen molar-refractivity contribution in [3.63, 3.8) is 0 Å². The van der Waals surface area contributed by atoms with Gasteiger partial charge in [-0.05, 0) is 28.0 Å². The van der Waals surface area contributed by atoms with Crippen molar-refractivity contribution in [3.05, 3.63) is 71.8 Å². The number of ether oxygens (including phenoxy) is 1. The monoisotopic (exact) mass is 397 g/mol. The molecule has 0 spiro atoms. The van der Waals surface area contributed by atoms with Crippen LogP contribution in [-0.2, 0) is 12.0 Å². The Kier molecular flexibility index (Phi) is 6.57. The van der Waals surface area contributed by atoms with E-state index in [-0.39, 0.29) is 23.8 Å². The maximum Gasteiger partial charge on any atom is 0.193 e. The van der Waals surface area contributed by atoms with Gasteiger partial charge in [0.15, 0.2) is 5.96 Å². The van der Waals surface area contributed by atoms with Crippen molar-refractivity contribution in [2.45, 2.75) is 32.7 Å². The molecule has 28 heavy (non-hydrogen) atoms. The Morgan fingerprint density at radius 3 is 2.21 bits per heavy atom. The lowest BCUT2D eigenvalue weighted by Crippen LogP contribution is -2.36. The van der Waals surface area contributed by atoms with Gasteiger partial charge in [0.25, 0.3) is 0 Å². The second-order valence-corrected chi connectivity index (χ2v) is 7.76. The Morgan fingerprint density at radius 2 is 1.64 bits per heavy atom. The van der Waals surface area contributed by atoms with Gasteiger partial charge in [-0.3, -0.25) is 5.41 Å². The predicted molar refractivity (Wildman–Crippen MR) is 121 cm³/mol. The standard InChI is InChI=1S/C23H27N3O.ClH/c1-23(2,3)18-12-9-16(10-13-18)15-26(22(24)25)21-19-8-6-5-7-17(19)11-14-20(21)27-4;/h5-14H,15H2,1-4H3,(H3,24,25);1H. The molecule has 3 aromatic carbocycles. The molecule has 0 heterocycles. The Hall–Kier alpha value is -2.72. The summed E-state index contributed by atoms with van der Waals surface area (Å²) in [6, 6.07) is 20.5. The third-order valence-corrected chi connectivity index (χ3v) is 4.80. The van der Waals surface area contributed by atoms with Crippen molar-refractivity contribution in [2.24, 2.45) is 5.73 Å². The average molecular weight is 398 g/mol. The summed E-state index contributed by atoms with van der Waals surface area (Å²) in [6.07, 6.45) is 0. The third kappa shape index (κ3) is 4.39. The molecule has 0 fully saturated rings. The highest BCUT2D eigenvalue weighted by atomic mass is 35.5. The van der Waals surface area contributed by atoms with Gasteiger partial charge in [-0.2, -0.15) is 0 Å². The predicted octanol–water partition coefficient (Wildman–Crippen LogP) is 5.47. The summed E-state index contributed by atoms with van der Waals surface area (Å²) in [7, 11) is 1.64. The van der Waals surface area contributed by atoms with Gasteiger partial charge in [0.05, 0.1) is 19.3 Å². The minimum absolute atomic E-state index is 0. The van der Waals surface area contributed by atoms with Gasteiger partial charge < -0.3 is 15.4 Å². The van der Waals surface area contributed by atoms with Gasteiger partial charge in [0, 0.05) is 5.39 Å². The Balaban J connectivity index is 0.00000280. The molecule has 0 amide bonds.